The maximum absolute atomic E-state index is 13.0. The van der Waals surface area contributed by atoms with Gasteiger partial charge in [-0.15, -0.1) is 0 Å². The molecule has 1 heterocycles. The van der Waals surface area contributed by atoms with Gasteiger partial charge in [-0.1, -0.05) is 54.6 Å². The minimum Gasteiger partial charge on any atom is -0.508 e. The molecule has 0 fully saturated rings. The highest BCUT2D eigenvalue weighted by Crippen LogP contribution is 2.48. The Morgan fingerprint density at radius 2 is 1.09 bits per heavy atom. The smallest absolute Gasteiger partial charge is 0.340 e. The minimum absolute atomic E-state index is 0.204. The summed E-state index contributed by atoms with van der Waals surface area (Å²) < 4.78 is 6.20. The SMILES string of the molecule is O=C1OC(c2ccc3cc(O)ccc3c2)(c2ccc3cc(O)ccc3c2)c2ccccc21. The van der Waals surface area contributed by atoms with Gasteiger partial charge in [0.25, 0.3) is 0 Å². The summed E-state index contributed by atoms with van der Waals surface area (Å²) in [6, 6.07) is 29.7. The number of carbonyl (C=O) groups excluding carboxylic acids is 1. The maximum Gasteiger partial charge on any atom is 0.340 e. The summed E-state index contributed by atoms with van der Waals surface area (Å²) in [5.41, 5.74) is 1.89. The molecule has 0 bridgehead atoms. The molecule has 0 atom stereocenters. The Labute approximate surface area is 183 Å². The van der Waals surface area contributed by atoms with Crippen LogP contribution < -0.4 is 0 Å². The molecule has 4 heteroatoms. The summed E-state index contributed by atoms with van der Waals surface area (Å²) in [6.45, 7) is 0. The summed E-state index contributed by atoms with van der Waals surface area (Å²) >= 11 is 0. The molecule has 32 heavy (non-hydrogen) atoms. The highest BCUT2D eigenvalue weighted by Gasteiger charge is 2.48. The third kappa shape index (κ3) is 2.59. The number of benzene rings is 5. The van der Waals surface area contributed by atoms with Gasteiger partial charge < -0.3 is 14.9 Å². The average Bonchev–Trinajstić information content (AvgIpc) is 3.12. The van der Waals surface area contributed by atoms with Gasteiger partial charge in [0.2, 0.25) is 0 Å². The van der Waals surface area contributed by atoms with Crippen molar-refractivity contribution in [3.63, 3.8) is 0 Å². The second-order valence-corrected chi connectivity index (χ2v) is 8.11. The third-order valence-corrected chi connectivity index (χ3v) is 6.23. The van der Waals surface area contributed by atoms with Gasteiger partial charge in [-0.3, -0.25) is 0 Å². The van der Waals surface area contributed by atoms with Crippen molar-refractivity contribution in [2.75, 3.05) is 0 Å². The van der Waals surface area contributed by atoms with Crippen LogP contribution in [0, 0.1) is 0 Å². The van der Waals surface area contributed by atoms with Gasteiger partial charge in [0, 0.05) is 16.7 Å². The number of cyclic esters (lactones) is 1. The highest BCUT2D eigenvalue weighted by atomic mass is 16.6. The number of carbonyl (C=O) groups is 1. The normalized spacial score (nSPS) is 14.4. The number of hydrogen-bond donors (Lipinski definition) is 2. The van der Waals surface area contributed by atoms with E-state index in [9.17, 15) is 15.0 Å². The van der Waals surface area contributed by atoms with Crippen LogP contribution in [0.4, 0.5) is 0 Å². The topological polar surface area (TPSA) is 66.8 Å². The van der Waals surface area contributed by atoms with Crippen LogP contribution in [0.2, 0.25) is 0 Å². The Balaban J connectivity index is 1.66. The van der Waals surface area contributed by atoms with Gasteiger partial charge in [0.15, 0.2) is 5.60 Å². The lowest BCUT2D eigenvalue weighted by Crippen LogP contribution is -2.29. The number of fused-ring (bicyclic) bond motifs is 3. The lowest BCUT2D eigenvalue weighted by Gasteiger charge is -2.31. The van der Waals surface area contributed by atoms with E-state index in [0.717, 1.165) is 38.2 Å². The highest BCUT2D eigenvalue weighted by molar-refractivity contribution is 5.97. The monoisotopic (exact) mass is 418 g/mol. The van der Waals surface area contributed by atoms with E-state index in [4.69, 9.17) is 4.74 Å². The lowest BCUT2D eigenvalue weighted by molar-refractivity contribution is 0.0252. The zero-order chi connectivity index (χ0) is 21.9. The first-order valence-electron chi connectivity index (χ1n) is 10.3. The van der Waals surface area contributed by atoms with Crippen LogP contribution >= 0.6 is 0 Å². The first-order valence-corrected chi connectivity index (χ1v) is 10.3. The van der Waals surface area contributed by atoms with Crippen LogP contribution in [0.3, 0.4) is 0 Å². The molecule has 0 radical (unpaired) electrons. The molecule has 6 rings (SSSR count). The van der Waals surface area contributed by atoms with Crippen LogP contribution in [0.25, 0.3) is 21.5 Å². The van der Waals surface area contributed by atoms with Crippen LogP contribution in [0.1, 0.15) is 27.0 Å². The quantitative estimate of drug-likeness (QED) is 0.352. The molecule has 0 amide bonds. The molecule has 0 saturated heterocycles. The summed E-state index contributed by atoms with van der Waals surface area (Å²) in [5, 5.41) is 23.3. The molecule has 5 aromatic rings. The van der Waals surface area contributed by atoms with E-state index in [-0.39, 0.29) is 17.5 Å². The largest absolute Gasteiger partial charge is 0.508 e. The molecular weight excluding hydrogens is 400 g/mol. The van der Waals surface area contributed by atoms with Gasteiger partial charge in [-0.05, 0) is 64.0 Å². The Morgan fingerprint density at radius 1 is 0.594 bits per heavy atom. The van der Waals surface area contributed by atoms with Crippen LogP contribution in [0.15, 0.2) is 97.1 Å². The Kier molecular flexibility index (Phi) is 3.80. The minimum atomic E-state index is -1.11. The standard InChI is InChI=1S/C28H18O4/c29-23-11-7-17-13-21(9-5-19(17)15-23)28(26-4-2-1-3-25(26)27(31)32-28)22-10-6-20-16-24(30)12-8-18(20)14-22/h1-16,29-30H. The molecule has 0 spiro atoms. The fourth-order valence-electron chi connectivity index (χ4n) is 4.72. The summed E-state index contributed by atoms with van der Waals surface area (Å²) in [6.07, 6.45) is 0. The van der Waals surface area contributed by atoms with E-state index in [1.54, 1.807) is 30.3 Å². The fraction of sp³-hybridized carbons (Fsp3) is 0.0357. The van der Waals surface area contributed by atoms with E-state index >= 15 is 0 Å². The number of ether oxygens (including phenoxy) is 1. The van der Waals surface area contributed by atoms with Gasteiger partial charge in [-0.25, -0.2) is 4.79 Å². The first-order chi connectivity index (χ1) is 15.5. The van der Waals surface area contributed by atoms with Crippen LogP contribution in [-0.4, -0.2) is 16.2 Å². The molecule has 4 nitrogen and oxygen atoms in total. The number of phenolic OH excluding ortho intramolecular Hbond substituents is 2. The number of phenols is 2. The Hall–Kier alpha value is -4.31. The van der Waals surface area contributed by atoms with Gasteiger partial charge in [-0.2, -0.15) is 0 Å². The van der Waals surface area contributed by atoms with E-state index in [1.165, 1.54) is 0 Å². The van der Waals surface area contributed by atoms with Crippen molar-refractivity contribution in [3.8, 4) is 11.5 Å². The maximum atomic E-state index is 13.0. The summed E-state index contributed by atoms with van der Waals surface area (Å²) in [5.74, 6) is 0.0444. The molecule has 0 saturated carbocycles. The van der Waals surface area contributed by atoms with Crippen molar-refractivity contribution in [2.45, 2.75) is 5.60 Å². The van der Waals surface area contributed by atoms with Crippen molar-refractivity contribution in [1.82, 2.24) is 0 Å². The van der Waals surface area contributed by atoms with Crippen molar-refractivity contribution >= 4 is 27.5 Å². The van der Waals surface area contributed by atoms with E-state index in [0.29, 0.717) is 5.56 Å². The van der Waals surface area contributed by atoms with Gasteiger partial charge >= 0.3 is 5.97 Å². The van der Waals surface area contributed by atoms with Gasteiger partial charge in [0.1, 0.15) is 11.5 Å². The van der Waals surface area contributed by atoms with Crippen molar-refractivity contribution in [1.29, 1.82) is 0 Å². The van der Waals surface area contributed by atoms with Crippen molar-refractivity contribution < 1.29 is 19.7 Å². The number of hydrogen-bond acceptors (Lipinski definition) is 4. The summed E-state index contributed by atoms with van der Waals surface area (Å²) in [7, 11) is 0. The van der Waals surface area contributed by atoms with E-state index in [2.05, 4.69) is 0 Å². The van der Waals surface area contributed by atoms with E-state index in [1.807, 2.05) is 66.7 Å². The fourth-order valence-corrected chi connectivity index (χ4v) is 4.72. The molecule has 154 valence electrons. The lowest BCUT2D eigenvalue weighted by atomic mass is 9.79. The molecule has 0 unspecified atom stereocenters. The predicted molar refractivity (Wildman–Crippen MR) is 123 cm³/mol. The van der Waals surface area contributed by atoms with Crippen molar-refractivity contribution in [2.24, 2.45) is 0 Å². The second kappa shape index (κ2) is 6.59. The number of rotatable bonds is 2. The van der Waals surface area contributed by atoms with Crippen LogP contribution in [0.5, 0.6) is 11.5 Å². The van der Waals surface area contributed by atoms with Crippen LogP contribution in [-0.2, 0) is 10.3 Å². The van der Waals surface area contributed by atoms with Crippen molar-refractivity contribution in [3.05, 3.63) is 119 Å². The molecule has 1 aliphatic rings. The molecule has 5 aromatic carbocycles. The number of esters is 1. The first kappa shape index (κ1) is 18.5. The average molecular weight is 418 g/mol. The molecule has 1 aliphatic heterocycles. The predicted octanol–water partition coefficient (Wildman–Crippen LogP) is 5.87. The second-order valence-electron chi connectivity index (χ2n) is 8.11. The zero-order valence-electron chi connectivity index (χ0n) is 16.9. The Morgan fingerprint density at radius 3 is 1.69 bits per heavy atom. The zero-order valence-corrected chi connectivity index (χ0v) is 16.9. The molecular formula is C28H18O4. The third-order valence-electron chi connectivity index (χ3n) is 6.23. The molecule has 0 aliphatic carbocycles. The number of aromatic hydroxyl groups is 2. The Bertz CT molecular complexity index is 1470. The van der Waals surface area contributed by atoms with Gasteiger partial charge in [0.05, 0.1) is 5.56 Å². The van der Waals surface area contributed by atoms with E-state index < -0.39 is 5.60 Å². The summed E-state index contributed by atoms with van der Waals surface area (Å²) in [4.78, 5) is 13.0. The molecule has 2 N–H and O–H groups in total. The molecule has 0 aromatic heterocycles.